The number of hydrogen-bond acceptors (Lipinski definition) is 5. The molecule has 0 aromatic carbocycles. The first kappa shape index (κ1) is 12.9. The number of hydrogen-bond donors (Lipinski definition) is 1. The quantitative estimate of drug-likeness (QED) is 0.859. The zero-order valence-corrected chi connectivity index (χ0v) is 10.8. The maximum absolute atomic E-state index is 11.6. The van der Waals surface area contributed by atoms with Gasteiger partial charge in [-0.1, -0.05) is 0 Å². The van der Waals surface area contributed by atoms with Gasteiger partial charge < -0.3 is 19.4 Å². The number of nitrogens with zero attached hydrogens (tertiary/aromatic N) is 2. The van der Waals surface area contributed by atoms with Gasteiger partial charge in [0.05, 0.1) is 19.5 Å². The SMILES string of the molecule is CCOC1CCCN(c2nc[nH]c(=O)c2OC)C1. The van der Waals surface area contributed by atoms with Gasteiger partial charge in [0.15, 0.2) is 5.82 Å². The molecule has 1 aliphatic rings. The summed E-state index contributed by atoms with van der Waals surface area (Å²) in [5.41, 5.74) is -0.249. The Kier molecular flexibility index (Phi) is 4.19. The Balaban J connectivity index is 2.20. The van der Waals surface area contributed by atoms with Gasteiger partial charge in [-0.15, -0.1) is 0 Å². The third-order valence-electron chi connectivity index (χ3n) is 3.08. The molecule has 1 atom stereocenters. The molecular weight excluding hydrogens is 234 g/mol. The predicted molar refractivity (Wildman–Crippen MR) is 68.3 cm³/mol. The van der Waals surface area contributed by atoms with Crippen LogP contribution in [0.3, 0.4) is 0 Å². The van der Waals surface area contributed by atoms with Crippen LogP contribution >= 0.6 is 0 Å². The predicted octanol–water partition coefficient (Wildman–Crippen LogP) is 0.784. The van der Waals surface area contributed by atoms with E-state index in [1.807, 2.05) is 6.92 Å². The largest absolute Gasteiger partial charge is 0.489 e. The molecule has 0 spiro atoms. The van der Waals surface area contributed by atoms with E-state index in [1.54, 1.807) is 0 Å². The molecule has 6 heteroatoms. The van der Waals surface area contributed by atoms with E-state index in [4.69, 9.17) is 9.47 Å². The van der Waals surface area contributed by atoms with Crippen molar-refractivity contribution >= 4 is 5.82 Å². The van der Waals surface area contributed by atoms with Gasteiger partial charge in [-0.2, -0.15) is 0 Å². The topological polar surface area (TPSA) is 67.5 Å². The van der Waals surface area contributed by atoms with Crippen LogP contribution in [0.5, 0.6) is 5.75 Å². The van der Waals surface area contributed by atoms with Crippen molar-refractivity contribution < 1.29 is 9.47 Å². The number of ether oxygens (including phenoxy) is 2. The smallest absolute Gasteiger partial charge is 0.295 e. The Hall–Kier alpha value is -1.56. The van der Waals surface area contributed by atoms with Gasteiger partial charge in [0, 0.05) is 19.7 Å². The second kappa shape index (κ2) is 5.86. The van der Waals surface area contributed by atoms with Gasteiger partial charge in [-0.3, -0.25) is 4.79 Å². The summed E-state index contributed by atoms with van der Waals surface area (Å²) in [6.45, 7) is 4.32. The molecule has 0 bridgehead atoms. The molecule has 1 saturated heterocycles. The highest BCUT2D eigenvalue weighted by Gasteiger charge is 2.24. The minimum Gasteiger partial charge on any atom is -0.489 e. The van der Waals surface area contributed by atoms with E-state index in [-0.39, 0.29) is 17.4 Å². The zero-order valence-electron chi connectivity index (χ0n) is 10.8. The Bertz CT molecular complexity index is 444. The van der Waals surface area contributed by atoms with Crippen LogP contribution in [0.25, 0.3) is 0 Å². The van der Waals surface area contributed by atoms with Crippen LogP contribution in [0.15, 0.2) is 11.1 Å². The molecule has 2 heterocycles. The second-order valence-electron chi connectivity index (χ2n) is 4.25. The molecule has 2 rings (SSSR count). The summed E-state index contributed by atoms with van der Waals surface area (Å²) in [6, 6.07) is 0. The zero-order chi connectivity index (χ0) is 13.0. The Morgan fingerprint density at radius 2 is 2.44 bits per heavy atom. The van der Waals surface area contributed by atoms with E-state index < -0.39 is 0 Å². The van der Waals surface area contributed by atoms with E-state index in [0.29, 0.717) is 12.4 Å². The summed E-state index contributed by atoms with van der Waals surface area (Å²) in [5.74, 6) is 0.875. The Morgan fingerprint density at radius 3 is 3.17 bits per heavy atom. The van der Waals surface area contributed by atoms with Crippen molar-refractivity contribution in [3.63, 3.8) is 0 Å². The monoisotopic (exact) mass is 253 g/mol. The number of anilines is 1. The third kappa shape index (κ3) is 2.64. The van der Waals surface area contributed by atoms with E-state index >= 15 is 0 Å². The first-order valence-electron chi connectivity index (χ1n) is 6.24. The number of H-pyrrole nitrogens is 1. The fourth-order valence-electron chi connectivity index (χ4n) is 2.29. The average Bonchev–Trinajstić information content (AvgIpc) is 2.39. The maximum Gasteiger partial charge on any atom is 0.295 e. The van der Waals surface area contributed by atoms with E-state index in [0.717, 1.165) is 25.9 Å². The molecule has 18 heavy (non-hydrogen) atoms. The lowest BCUT2D eigenvalue weighted by molar-refractivity contribution is 0.0524. The first-order valence-corrected chi connectivity index (χ1v) is 6.24. The van der Waals surface area contributed by atoms with Gasteiger partial charge in [0.2, 0.25) is 5.75 Å². The number of aromatic amines is 1. The Labute approximate surface area is 106 Å². The van der Waals surface area contributed by atoms with Crippen molar-refractivity contribution in [1.82, 2.24) is 9.97 Å². The lowest BCUT2D eigenvalue weighted by atomic mass is 10.1. The number of aromatic nitrogens is 2. The van der Waals surface area contributed by atoms with Crippen molar-refractivity contribution in [2.24, 2.45) is 0 Å². The van der Waals surface area contributed by atoms with Crippen LogP contribution < -0.4 is 15.2 Å². The molecule has 1 unspecified atom stereocenters. The molecule has 0 amide bonds. The summed E-state index contributed by atoms with van der Waals surface area (Å²) in [5, 5.41) is 0. The fourth-order valence-corrected chi connectivity index (χ4v) is 2.29. The molecule has 100 valence electrons. The third-order valence-corrected chi connectivity index (χ3v) is 3.08. The molecule has 1 aromatic rings. The lowest BCUT2D eigenvalue weighted by Crippen LogP contribution is -2.41. The molecule has 6 nitrogen and oxygen atoms in total. The summed E-state index contributed by atoms with van der Waals surface area (Å²) >= 11 is 0. The van der Waals surface area contributed by atoms with Crippen LogP contribution in [0.4, 0.5) is 5.82 Å². The first-order chi connectivity index (χ1) is 8.76. The fraction of sp³-hybridized carbons (Fsp3) is 0.667. The number of rotatable bonds is 4. The van der Waals surface area contributed by atoms with Gasteiger partial charge in [0.25, 0.3) is 5.56 Å². The van der Waals surface area contributed by atoms with Crippen molar-refractivity contribution in [3.8, 4) is 5.75 Å². The molecular formula is C12H19N3O3. The normalized spacial score (nSPS) is 19.9. The van der Waals surface area contributed by atoms with Crippen molar-refractivity contribution in [2.45, 2.75) is 25.9 Å². The number of piperidine rings is 1. The summed E-state index contributed by atoms with van der Waals surface area (Å²) in [7, 11) is 1.49. The highest BCUT2D eigenvalue weighted by Crippen LogP contribution is 2.24. The molecule has 1 aromatic heterocycles. The van der Waals surface area contributed by atoms with Gasteiger partial charge in [-0.05, 0) is 19.8 Å². The summed E-state index contributed by atoms with van der Waals surface area (Å²) in [4.78, 5) is 20.4. The van der Waals surface area contributed by atoms with E-state index in [2.05, 4.69) is 14.9 Å². The van der Waals surface area contributed by atoms with Gasteiger partial charge >= 0.3 is 0 Å². The van der Waals surface area contributed by atoms with Crippen molar-refractivity contribution in [1.29, 1.82) is 0 Å². The van der Waals surface area contributed by atoms with E-state index in [9.17, 15) is 4.79 Å². The van der Waals surface area contributed by atoms with Crippen LogP contribution in [0.1, 0.15) is 19.8 Å². The molecule has 0 saturated carbocycles. The van der Waals surface area contributed by atoms with Crippen LogP contribution in [-0.2, 0) is 4.74 Å². The minimum absolute atomic E-state index is 0.203. The van der Waals surface area contributed by atoms with Gasteiger partial charge in [0.1, 0.15) is 0 Å². The molecule has 1 N–H and O–H groups in total. The summed E-state index contributed by atoms with van der Waals surface area (Å²) in [6.07, 6.45) is 3.69. The summed E-state index contributed by atoms with van der Waals surface area (Å²) < 4.78 is 10.8. The number of methoxy groups -OCH3 is 1. The Morgan fingerprint density at radius 1 is 1.61 bits per heavy atom. The highest BCUT2D eigenvalue weighted by molar-refractivity contribution is 5.51. The molecule has 0 radical (unpaired) electrons. The molecule has 1 fully saturated rings. The molecule has 0 aliphatic carbocycles. The number of nitrogens with one attached hydrogen (secondary N) is 1. The average molecular weight is 253 g/mol. The van der Waals surface area contributed by atoms with Crippen molar-refractivity contribution in [2.75, 3.05) is 31.7 Å². The lowest BCUT2D eigenvalue weighted by Gasteiger charge is -2.33. The van der Waals surface area contributed by atoms with Crippen LogP contribution in [0, 0.1) is 0 Å². The maximum atomic E-state index is 11.6. The van der Waals surface area contributed by atoms with Crippen LogP contribution in [-0.4, -0.2) is 42.9 Å². The molecule has 1 aliphatic heterocycles. The van der Waals surface area contributed by atoms with Gasteiger partial charge in [-0.25, -0.2) is 4.98 Å². The van der Waals surface area contributed by atoms with Crippen molar-refractivity contribution in [3.05, 3.63) is 16.7 Å². The highest BCUT2D eigenvalue weighted by atomic mass is 16.5. The van der Waals surface area contributed by atoms with Crippen LogP contribution in [0.2, 0.25) is 0 Å². The minimum atomic E-state index is -0.249. The standard InChI is InChI=1S/C12H19N3O3/c1-3-18-9-5-4-6-15(7-9)11-10(17-2)12(16)14-8-13-11/h8-9H,3-7H2,1-2H3,(H,13,14,16). The van der Waals surface area contributed by atoms with E-state index in [1.165, 1.54) is 13.4 Å². The second-order valence-corrected chi connectivity index (χ2v) is 4.25.